The van der Waals surface area contributed by atoms with E-state index in [9.17, 15) is 36.2 Å². The van der Waals surface area contributed by atoms with Crippen molar-refractivity contribution in [2.75, 3.05) is 92.0 Å². The van der Waals surface area contributed by atoms with Crippen LogP contribution in [0.1, 0.15) is 27.7 Å². The molecule has 0 radical (unpaired) electrons. The number of aliphatic hydroxyl groups is 2. The lowest BCUT2D eigenvalue weighted by Crippen LogP contribution is -2.31. The highest BCUT2D eigenvalue weighted by molar-refractivity contribution is 7.86. The highest BCUT2D eigenvalue weighted by atomic mass is 32.2. The summed E-state index contributed by atoms with van der Waals surface area (Å²) in [6.07, 6.45) is 0. The number of nitrogens with zero attached hydrogens (tertiary/aromatic N) is 12. The van der Waals surface area contributed by atoms with Gasteiger partial charge in [0.05, 0.1) is 60.6 Å². The Morgan fingerprint density at radius 2 is 0.986 bits per heavy atom. The van der Waals surface area contributed by atoms with Gasteiger partial charge in [-0.3, -0.25) is 9.11 Å². The van der Waals surface area contributed by atoms with Crippen molar-refractivity contribution in [1.29, 1.82) is 0 Å². The van der Waals surface area contributed by atoms with Crippen molar-refractivity contribution in [1.82, 2.24) is 23.7 Å². The van der Waals surface area contributed by atoms with Crippen LogP contribution < -0.4 is 34.8 Å². The second-order valence-corrected chi connectivity index (χ2v) is 19.2. The molecule has 6 N–H and O–H groups in total. The van der Waals surface area contributed by atoms with Crippen LogP contribution >= 0.6 is 23.1 Å². The highest BCUT2D eigenvalue weighted by Gasteiger charge is 2.27. The third-order valence-electron chi connectivity index (χ3n) is 10.9. The summed E-state index contributed by atoms with van der Waals surface area (Å²) < 4.78 is 90.1. The molecule has 376 valence electrons. The minimum Gasteiger partial charge on any atom is -0.495 e. The van der Waals surface area contributed by atoms with Crippen LogP contribution in [0.2, 0.25) is 0 Å². The molecule has 7 rings (SSSR count). The van der Waals surface area contributed by atoms with Crippen LogP contribution in [0.3, 0.4) is 0 Å². The lowest BCUT2D eigenvalue weighted by molar-refractivity contribution is 0.280. The highest BCUT2D eigenvalue weighted by Crippen LogP contribution is 2.44. The van der Waals surface area contributed by atoms with E-state index in [1.165, 1.54) is 26.4 Å². The van der Waals surface area contributed by atoms with Crippen LogP contribution in [0, 0.1) is 0 Å². The third kappa shape index (κ3) is 11.5. The van der Waals surface area contributed by atoms with E-state index in [2.05, 4.69) is 49.6 Å². The Bertz CT molecular complexity index is 3120. The van der Waals surface area contributed by atoms with Gasteiger partial charge in [-0.2, -0.15) is 40.5 Å². The Morgan fingerprint density at radius 3 is 1.34 bits per heavy atom. The van der Waals surface area contributed by atoms with Crippen molar-refractivity contribution in [2.24, 2.45) is 20.5 Å². The molecule has 0 unspecified atom stereocenters. The van der Waals surface area contributed by atoms with E-state index in [-0.39, 0.29) is 98.8 Å². The summed E-state index contributed by atoms with van der Waals surface area (Å²) >= 11 is 1.74. The predicted octanol–water partition coefficient (Wildman–Crippen LogP) is 8.40. The molecule has 0 amide bonds. The lowest BCUT2D eigenvalue weighted by Gasteiger charge is -2.24. The number of ether oxygens (including phenoxy) is 2. The number of benzene rings is 4. The van der Waals surface area contributed by atoms with Crippen LogP contribution in [-0.2, 0) is 20.2 Å². The SMILES string of the molecule is CCN(CC)c1ccc(/N=N/c2snc3ccc(OC)c(S(=O)(=O)O)c23)c(Nc2nc(Nc3cc(N(CC)CC)ccc3/N=N/c3snc4ccc(OC)c(S(=O)(=O)O)c34)nc(N(CCO)CCO)n2)c1. The van der Waals surface area contributed by atoms with Gasteiger partial charge in [0.15, 0.2) is 10.0 Å². The first kappa shape index (κ1) is 52.0. The Labute approximate surface area is 416 Å². The zero-order chi connectivity index (χ0) is 51.0. The normalized spacial score (nSPS) is 12.1. The van der Waals surface area contributed by atoms with Crippen LogP contribution in [0.25, 0.3) is 21.8 Å². The van der Waals surface area contributed by atoms with Gasteiger partial charge in [-0.15, -0.1) is 20.5 Å². The maximum Gasteiger partial charge on any atom is 0.299 e. The Kier molecular flexibility index (Phi) is 16.5. The summed E-state index contributed by atoms with van der Waals surface area (Å²) in [6.45, 7) is 10.1. The molecule has 71 heavy (non-hydrogen) atoms. The van der Waals surface area contributed by atoms with Crippen molar-refractivity contribution in [3.05, 3.63) is 60.7 Å². The largest absolute Gasteiger partial charge is 0.495 e. The van der Waals surface area contributed by atoms with Crippen LogP contribution in [0.15, 0.2) is 90.9 Å². The van der Waals surface area contributed by atoms with E-state index in [0.717, 1.165) is 34.4 Å². The number of methoxy groups -OCH3 is 2. The molecule has 0 saturated carbocycles. The standard InChI is InChI=1S/C43H50N14O10S4/c1-7-55(8-2)25-11-13-27(49-51-39-35-29(53-68-39)15-17-33(66-5)37(35)70(60,61)62)31(23-25)44-41-46-42(48-43(47-41)57(19-21-58)20-22-59)45-32-24-26(56(9-3)10-4)12-14-28(32)50-52-40-36-30(54-69-40)16-18-34(67-6)38(36)71(63,64)65/h11-18,23-24,58-59H,7-10,19-22H2,1-6H3,(H,60,61,62)(H,63,64,65)(H2,44,45,46,47,48)/b51-49+,52-50+. The summed E-state index contributed by atoms with van der Waals surface area (Å²) in [5.74, 6) is -0.177. The molecule has 3 heterocycles. The monoisotopic (exact) mass is 1050 g/mol. The lowest BCUT2D eigenvalue weighted by atomic mass is 10.2. The van der Waals surface area contributed by atoms with E-state index in [1.54, 1.807) is 29.2 Å². The molecule has 0 spiro atoms. The number of aromatic nitrogens is 5. The van der Waals surface area contributed by atoms with Crippen LogP contribution in [-0.4, -0.2) is 127 Å². The molecule has 0 aliphatic carbocycles. The van der Waals surface area contributed by atoms with Gasteiger partial charge in [0, 0.05) is 50.6 Å². The van der Waals surface area contributed by atoms with Crippen LogP contribution in [0.5, 0.6) is 11.5 Å². The van der Waals surface area contributed by atoms with Gasteiger partial charge < -0.3 is 45.0 Å². The second kappa shape index (κ2) is 22.5. The fourth-order valence-electron chi connectivity index (χ4n) is 7.52. The molecule has 28 heteroatoms. The molecular weight excluding hydrogens is 1000 g/mol. The van der Waals surface area contributed by atoms with Gasteiger partial charge >= 0.3 is 0 Å². The van der Waals surface area contributed by atoms with Crippen LogP contribution in [0.4, 0.5) is 62.0 Å². The van der Waals surface area contributed by atoms with Gasteiger partial charge in [0.25, 0.3) is 20.2 Å². The molecule has 0 saturated heterocycles. The number of rotatable bonds is 23. The van der Waals surface area contributed by atoms with Crippen molar-refractivity contribution in [3.63, 3.8) is 0 Å². The number of aliphatic hydroxyl groups excluding tert-OH is 2. The van der Waals surface area contributed by atoms with Gasteiger partial charge in [0.2, 0.25) is 17.8 Å². The summed E-state index contributed by atoms with van der Waals surface area (Å²) in [6, 6.07) is 16.6. The summed E-state index contributed by atoms with van der Waals surface area (Å²) in [5.41, 5.74) is 3.33. The third-order valence-corrected chi connectivity index (χ3v) is 14.2. The van der Waals surface area contributed by atoms with Crippen molar-refractivity contribution in [2.45, 2.75) is 37.5 Å². The Balaban J connectivity index is 1.36. The average Bonchev–Trinajstić information content (AvgIpc) is 3.96. The molecular formula is C43H50N14O10S4. The zero-order valence-electron chi connectivity index (χ0n) is 39.2. The summed E-state index contributed by atoms with van der Waals surface area (Å²) in [5, 5.41) is 44.7. The van der Waals surface area contributed by atoms with Crippen molar-refractivity contribution >= 4 is 127 Å². The number of fused-ring (bicyclic) bond motifs is 2. The van der Waals surface area contributed by atoms with E-state index in [4.69, 9.17) is 24.4 Å². The molecule has 4 aromatic carbocycles. The molecule has 3 aromatic heterocycles. The predicted molar refractivity (Wildman–Crippen MR) is 273 cm³/mol. The number of hydrogen-bond acceptors (Lipinski definition) is 24. The van der Waals surface area contributed by atoms with E-state index in [1.807, 2.05) is 52.0 Å². The first-order valence-electron chi connectivity index (χ1n) is 21.8. The van der Waals surface area contributed by atoms with Gasteiger partial charge in [-0.05, 0) is 111 Å². The van der Waals surface area contributed by atoms with Gasteiger partial charge in [-0.25, -0.2) is 0 Å². The zero-order valence-corrected chi connectivity index (χ0v) is 42.4. The van der Waals surface area contributed by atoms with E-state index >= 15 is 0 Å². The average molecular weight is 1050 g/mol. The maximum absolute atomic E-state index is 12.6. The quantitative estimate of drug-likeness (QED) is 0.0259. The first-order valence-corrected chi connectivity index (χ1v) is 26.3. The molecule has 7 aromatic rings. The molecule has 0 aliphatic heterocycles. The van der Waals surface area contributed by atoms with Crippen molar-refractivity contribution in [3.8, 4) is 11.5 Å². The van der Waals surface area contributed by atoms with E-state index < -0.39 is 30.0 Å². The minimum absolute atomic E-state index is 0.0148. The number of hydrogen-bond donors (Lipinski definition) is 6. The molecule has 0 fully saturated rings. The number of nitrogens with one attached hydrogen (secondary N) is 2. The maximum atomic E-state index is 12.6. The topological polar surface area (TPSA) is 315 Å². The summed E-state index contributed by atoms with van der Waals surface area (Å²) in [7, 11) is -7.05. The van der Waals surface area contributed by atoms with Gasteiger partial charge in [0.1, 0.15) is 32.7 Å². The molecule has 0 atom stereocenters. The van der Waals surface area contributed by atoms with E-state index in [0.29, 0.717) is 37.6 Å². The van der Waals surface area contributed by atoms with Crippen molar-refractivity contribution < 1.29 is 45.6 Å². The van der Waals surface area contributed by atoms with Gasteiger partial charge in [-0.1, -0.05) is 0 Å². The molecule has 0 aliphatic rings. The number of azo groups is 2. The Hall–Kier alpha value is -6.79. The minimum atomic E-state index is -4.80. The Morgan fingerprint density at radius 1 is 0.577 bits per heavy atom. The fourth-order valence-corrected chi connectivity index (χ4v) is 10.8. The smallest absolute Gasteiger partial charge is 0.299 e. The second-order valence-electron chi connectivity index (χ2n) is 15.0. The first-order chi connectivity index (χ1) is 34.1. The molecule has 0 bridgehead atoms. The number of anilines is 7. The fraction of sp³-hybridized carbons (Fsp3) is 0.326. The molecule has 24 nitrogen and oxygen atoms in total. The summed E-state index contributed by atoms with van der Waals surface area (Å²) in [4.78, 5) is 18.9.